The molecule has 0 saturated carbocycles. The minimum Gasteiger partial charge on any atom is -0.354 e. The zero-order valence-electron chi connectivity index (χ0n) is 13.2. The summed E-state index contributed by atoms with van der Waals surface area (Å²) in [7, 11) is 0. The van der Waals surface area contributed by atoms with Crippen molar-refractivity contribution in [2.45, 2.75) is 25.3 Å². The van der Waals surface area contributed by atoms with Gasteiger partial charge in [-0.3, -0.25) is 14.5 Å². The molecular weight excluding hydrogens is 324 g/mol. The molecule has 2 amide bonds. The smallest absolute Gasteiger partial charge is 0.243 e. The van der Waals surface area contributed by atoms with Gasteiger partial charge < -0.3 is 5.32 Å². The van der Waals surface area contributed by atoms with Gasteiger partial charge in [-0.05, 0) is 42.7 Å². The number of hydrogen-bond donors (Lipinski definition) is 1. The molecule has 0 radical (unpaired) electrons. The maximum Gasteiger partial charge on any atom is 0.243 e. The molecule has 1 aliphatic rings. The highest BCUT2D eigenvalue weighted by Crippen LogP contribution is 2.26. The van der Waals surface area contributed by atoms with E-state index in [2.05, 4.69) is 5.32 Å². The Morgan fingerprint density at radius 1 is 1.17 bits per heavy atom. The summed E-state index contributed by atoms with van der Waals surface area (Å²) in [5, 5.41) is 3.63. The van der Waals surface area contributed by atoms with Crippen LogP contribution < -0.4 is 10.2 Å². The lowest BCUT2D eigenvalue weighted by molar-refractivity contribution is -0.123. The van der Waals surface area contributed by atoms with E-state index >= 15 is 0 Å². The Morgan fingerprint density at radius 2 is 1.96 bits per heavy atom. The summed E-state index contributed by atoms with van der Waals surface area (Å²) in [6, 6.07) is 16.5. The summed E-state index contributed by atoms with van der Waals surface area (Å²) in [6.45, 7) is 0.520. The molecule has 2 aromatic carbocycles. The van der Waals surface area contributed by atoms with Crippen LogP contribution in [-0.2, 0) is 16.0 Å². The first kappa shape index (κ1) is 16.5. The van der Waals surface area contributed by atoms with Crippen LogP contribution in [0.1, 0.15) is 18.4 Å². The van der Waals surface area contributed by atoms with E-state index in [0.29, 0.717) is 30.8 Å². The lowest BCUT2D eigenvalue weighted by Crippen LogP contribution is -2.45. The van der Waals surface area contributed by atoms with E-state index in [1.165, 1.54) is 0 Å². The molecule has 2 aromatic rings. The molecule has 1 aliphatic heterocycles. The Labute approximate surface area is 146 Å². The molecule has 124 valence electrons. The van der Waals surface area contributed by atoms with E-state index in [-0.39, 0.29) is 11.8 Å². The highest BCUT2D eigenvalue weighted by Gasteiger charge is 2.36. The van der Waals surface area contributed by atoms with Crippen LogP contribution in [0.2, 0.25) is 5.02 Å². The zero-order chi connectivity index (χ0) is 16.9. The van der Waals surface area contributed by atoms with Crippen LogP contribution in [0.25, 0.3) is 0 Å². The molecule has 5 heteroatoms. The third kappa shape index (κ3) is 3.77. The van der Waals surface area contributed by atoms with Gasteiger partial charge in [0.2, 0.25) is 11.8 Å². The molecule has 1 saturated heterocycles. The van der Waals surface area contributed by atoms with Crippen molar-refractivity contribution in [1.29, 1.82) is 0 Å². The fraction of sp³-hybridized carbons (Fsp3) is 0.263. The first-order valence-electron chi connectivity index (χ1n) is 8.04. The van der Waals surface area contributed by atoms with Crippen molar-refractivity contribution >= 4 is 29.1 Å². The van der Waals surface area contributed by atoms with Crippen molar-refractivity contribution < 1.29 is 9.59 Å². The number of nitrogens with zero attached hydrogens (tertiary/aromatic N) is 1. The Balaban J connectivity index is 1.60. The average molecular weight is 343 g/mol. The maximum atomic E-state index is 12.5. The normalized spacial score (nSPS) is 17.1. The molecule has 0 aliphatic carbocycles. The first-order chi connectivity index (χ1) is 11.6. The number of hydrogen-bond acceptors (Lipinski definition) is 2. The molecule has 24 heavy (non-hydrogen) atoms. The summed E-state index contributed by atoms with van der Waals surface area (Å²) in [6.07, 6.45) is 1.66. The first-order valence-corrected chi connectivity index (χ1v) is 8.42. The Kier molecular flexibility index (Phi) is 5.16. The van der Waals surface area contributed by atoms with Crippen molar-refractivity contribution in [2.24, 2.45) is 0 Å². The SMILES string of the molecule is O=C(NCCc1cccc(Cl)c1)C1CCC(=O)N1c1ccccc1. The quantitative estimate of drug-likeness (QED) is 0.907. The second kappa shape index (κ2) is 7.49. The van der Waals surface area contributed by atoms with Crippen LogP contribution in [0.15, 0.2) is 54.6 Å². The van der Waals surface area contributed by atoms with E-state index in [1.807, 2.05) is 54.6 Å². The summed E-state index contributed by atoms with van der Waals surface area (Å²) in [5.74, 6) is -0.108. The van der Waals surface area contributed by atoms with Gasteiger partial charge in [0.25, 0.3) is 0 Å². The van der Waals surface area contributed by atoms with E-state index < -0.39 is 6.04 Å². The molecular formula is C19H19ClN2O2. The maximum absolute atomic E-state index is 12.5. The number of rotatable bonds is 5. The third-order valence-corrected chi connectivity index (χ3v) is 4.39. The number of halogens is 1. The van der Waals surface area contributed by atoms with Crippen LogP contribution in [0.5, 0.6) is 0 Å². The molecule has 1 unspecified atom stereocenters. The summed E-state index contributed by atoms with van der Waals surface area (Å²) in [5.41, 5.74) is 1.85. The number of benzene rings is 2. The van der Waals surface area contributed by atoms with Gasteiger partial charge in [0, 0.05) is 23.7 Å². The largest absolute Gasteiger partial charge is 0.354 e. The Morgan fingerprint density at radius 3 is 2.71 bits per heavy atom. The fourth-order valence-corrected chi connectivity index (χ4v) is 3.20. The van der Waals surface area contributed by atoms with Gasteiger partial charge in [0.05, 0.1) is 0 Å². The second-order valence-corrected chi connectivity index (χ2v) is 6.26. The molecule has 0 bridgehead atoms. The second-order valence-electron chi connectivity index (χ2n) is 5.82. The number of nitrogens with one attached hydrogen (secondary N) is 1. The molecule has 1 atom stereocenters. The van der Waals surface area contributed by atoms with Crippen molar-refractivity contribution in [3.05, 3.63) is 65.2 Å². The molecule has 3 rings (SSSR count). The van der Waals surface area contributed by atoms with Crippen LogP contribution in [0, 0.1) is 0 Å². The molecule has 4 nitrogen and oxygen atoms in total. The minimum atomic E-state index is -0.431. The predicted octanol–water partition coefficient (Wildman–Crippen LogP) is 3.19. The summed E-state index contributed by atoms with van der Waals surface area (Å²) in [4.78, 5) is 26.3. The van der Waals surface area contributed by atoms with Crippen molar-refractivity contribution in [1.82, 2.24) is 5.32 Å². The topological polar surface area (TPSA) is 49.4 Å². The van der Waals surface area contributed by atoms with Crippen molar-refractivity contribution in [3.63, 3.8) is 0 Å². The van der Waals surface area contributed by atoms with E-state index in [9.17, 15) is 9.59 Å². The van der Waals surface area contributed by atoms with Crippen molar-refractivity contribution in [3.8, 4) is 0 Å². The van der Waals surface area contributed by atoms with Crippen LogP contribution >= 0.6 is 11.6 Å². The van der Waals surface area contributed by atoms with Gasteiger partial charge in [0.1, 0.15) is 6.04 Å². The minimum absolute atomic E-state index is 0.00353. The summed E-state index contributed by atoms with van der Waals surface area (Å²) < 4.78 is 0. The van der Waals surface area contributed by atoms with Gasteiger partial charge in [-0.15, -0.1) is 0 Å². The monoisotopic (exact) mass is 342 g/mol. The van der Waals surface area contributed by atoms with Gasteiger partial charge in [-0.1, -0.05) is 41.9 Å². The number of anilines is 1. The lowest BCUT2D eigenvalue weighted by atomic mass is 10.1. The van der Waals surface area contributed by atoms with E-state index in [1.54, 1.807) is 4.90 Å². The van der Waals surface area contributed by atoms with Gasteiger partial charge in [0.15, 0.2) is 0 Å². The summed E-state index contributed by atoms with van der Waals surface area (Å²) >= 11 is 5.96. The van der Waals surface area contributed by atoms with Crippen LogP contribution in [-0.4, -0.2) is 24.4 Å². The molecule has 0 spiro atoms. The van der Waals surface area contributed by atoms with Gasteiger partial charge in [-0.2, -0.15) is 0 Å². The highest BCUT2D eigenvalue weighted by atomic mass is 35.5. The van der Waals surface area contributed by atoms with Crippen LogP contribution in [0.3, 0.4) is 0 Å². The number of carbonyl (C=O) groups is 2. The highest BCUT2D eigenvalue weighted by molar-refractivity contribution is 6.30. The Hall–Kier alpha value is -2.33. The number of para-hydroxylation sites is 1. The molecule has 1 fully saturated rings. The van der Waals surface area contributed by atoms with Crippen molar-refractivity contribution in [2.75, 3.05) is 11.4 Å². The third-order valence-electron chi connectivity index (χ3n) is 4.15. The van der Waals surface area contributed by atoms with E-state index in [4.69, 9.17) is 11.6 Å². The Bertz CT molecular complexity index is 733. The fourth-order valence-electron chi connectivity index (χ4n) is 2.98. The van der Waals surface area contributed by atoms with Gasteiger partial charge in [-0.25, -0.2) is 0 Å². The van der Waals surface area contributed by atoms with Gasteiger partial charge >= 0.3 is 0 Å². The lowest BCUT2D eigenvalue weighted by Gasteiger charge is -2.24. The van der Waals surface area contributed by atoms with E-state index in [0.717, 1.165) is 11.3 Å². The van der Waals surface area contributed by atoms with Crippen LogP contribution in [0.4, 0.5) is 5.69 Å². The average Bonchev–Trinajstić information content (AvgIpc) is 2.97. The molecule has 1 heterocycles. The standard InChI is InChI=1S/C19H19ClN2O2/c20-15-6-4-5-14(13-15)11-12-21-19(24)17-9-10-18(23)22(17)16-7-2-1-3-8-16/h1-8,13,17H,9-12H2,(H,21,24). The molecule has 0 aromatic heterocycles. The number of amides is 2. The zero-order valence-corrected chi connectivity index (χ0v) is 14.0. The molecule has 1 N–H and O–H groups in total. The predicted molar refractivity (Wildman–Crippen MR) is 95.1 cm³/mol. The number of carbonyl (C=O) groups excluding carboxylic acids is 2.